The molecule has 0 aromatic heterocycles. The molecule has 23 heavy (non-hydrogen) atoms. The number of amides is 1. The molecule has 1 aromatic rings. The van der Waals surface area contributed by atoms with Crippen molar-refractivity contribution in [1.29, 1.82) is 0 Å². The third-order valence-electron chi connectivity index (χ3n) is 3.95. The van der Waals surface area contributed by atoms with Crippen LogP contribution in [0.3, 0.4) is 0 Å². The average molecular weight is 432 g/mol. The number of benzene rings is 1. The van der Waals surface area contributed by atoms with Crippen LogP contribution < -0.4 is 38.5 Å². The molecule has 1 saturated heterocycles. The van der Waals surface area contributed by atoms with Crippen molar-refractivity contribution < 1.29 is 32.5 Å². The topological polar surface area (TPSA) is 73.4 Å². The maximum atomic E-state index is 12.2. The molecule has 2 rings (SSSR count). The summed E-state index contributed by atoms with van der Waals surface area (Å²) in [6.07, 6.45) is 0.490. The van der Waals surface area contributed by atoms with Gasteiger partial charge in [-0.2, -0.15) is 0 Å². The second-order valence-corrected chi connectivity index (χ2v) is 8.93. The van der Waals surface area contributed by atoms with E-state index in [2.05, 4.69) is 43.6 Å². The van der Waals surface area contributed by atoms with E-state index in [-0.39, 0.29) is 17.1 Å². The molecule has 0 bridgehead atoms. The van der Waals surface area contributed by atoms with Gasteiger partial charge in [0.15, 0.2) is 9.80 Å². The van der Waals surface area contributed by atoms with Gasteiger partial charge in [-0.15, -0.1) is 0 Å². The van der Waals surface area contributed by atoms with Crippen LogP contribution in [0.1, 0.15) is 40.5 Å². The second-order valence-electron chi connectivity index (χ2n) is 7.58. The van der Waals surface area contributed by atoms with Crippen LogP contribution in [-0.4, -0.2) is 34.4 Å². The van der Waals surface area contributed by atoms with Crippen LogP contribution >= 0.6 is 0 Å². The Hall–Kier alpha value is -0.700. The minimum absolute atomic E-state index is 0.0349. The third-order valence-corrected chi connectivity index (χ3v) is 4.73. The van der Waals surface area contributed by atoms with Gasteiger partial charge in [0, 0.05) is 22.8 Å². The molecule has 1 aliphatic rings. The summed E-state index contributed by atoms with van der Waals surface area (Å²) in [5.41, 5.74) is 0.619. The zero-order valence-corrected chi connectivity index (χ0v) is 16.5. The van der Waals surface area contributed by atoms with Gasteiger partial charge in [0.1, 0.15) is 0 Å². The number of anilines is 1. The molecule has 0 spiro atoms. The minimum atomic E-state index is -1.22. The van der Waals surface area contributed by atoms with E-state index in [9.17, 15) is 9.90 Å². The molecule has 1 aromatic carbocycles. The van der Waals surface area contributed by atoms with Gasteiger partial charge in [0.05, 0.1) is 0 Å². The third kappa shape index (κ3) is 5.70. The van der Waals surface area contributed by atoms with E-state index in [1.807, 2.05) is 46.9 Å². The van der Waals surface area contributed by atoms with Gasteiger partial charge < -0.3 is 15.7 Å². The Labute approximate surface area is 151 Å². The number of nitrogens with one attached hydrogen (secondary N) is 3. The lowest BCUT2D eigenvalue weighted by Crippen LogP contribution is -3.34. The minimum Gasteiger partial charge on any atom is -0.370 e. The van der Waals surface area contributed by atoms with Crippen molar-refractivity contribution in [2.24, 2.45) is 0 Å². The Morgan fingerprint density at radius 2 is 1.74 bits per heavy atom. The van der Waals surface area contributed by atoms with Gasteiger partial charge in [-0.1, -0.05) is 0 Å². The van der Waals surface area contributed by atoms with Gasteiger partial charge in [-0.3, -0.25) is 10.1 Å². The molecule has 1 unspecified atom stereocenters. The van der Waals surface area contributed by atoms with Crippen molar-refractivity contribution in [1.82, 2.24) is 10.6 Å². The Balaban J connectivity index is 1.93. The summed E-state index contributed by atoms with van der Waals surface area (Å²) in [5.74, 6) is -0.427. The van der Waals surface area contributed by atoms with Crippen molar-refractivity contribution in [2.75, 3.05) is 5.32 Å². The smallest absolute Gasteiger partial charge is 0.296 e. The highest BCUT2D eigenvalue weighted by Crippen LogP contribution is 2.28. The fourth-order valence-electron chi connectivity index (χ4n) is 3.49. The SMILES string of the molecule is CC1(C)CC(NC(O)C(=O)Nc2ccc([IH+])cc2)CC(C)(C)N1. The van der Waals surface area contributed by atoms with Crippen LogP contribution in [0, 0.1) is 3.57 Å². The Bertz CT molecular complexity index is 541. The highest BCUT2D eigenvalue weighted by Gasteiger charge is 2.38. The summed E-state index contributed by atoms with van der Waals surface area (Å²) in [7, 11) is 0. The molecule has 0 saturated carbocycles. The summed E-state index contributed by atoms with van der Waals surface area (Å²) in [4.78, 5) is 12.2. The summed E-state index contributed by atoms with van der Waals surface area (Å²) in [6.45, 7) is 8.56. The van der Waals surface area contributed by atoms with Gasteiger partial charge >= 0.3 is 0 Å². The normalized spacial score (nSPS) is 21.7. The van der Waals surface area contributed by atoms with Crippen LogP contribution in [0.2, 0.25) is 0 Å². The van der Waals surface area contributed by atoms with Crippen molar-refractivity contribution >= 4 is 11.6 Å². The summed E-state index contributed by atoms with van der Waals surface area (Å²) < 4.78 is 1.14. The lowest BCUT2D eigenvalue weighted by atomic mass is 9.79. The number of carbonyl (C=O) groups is 1. The van der Waals surface area contributed by atoms with E-state index in [0.717, 1.165) is 16.4 Å². The molecule has 0 radical (unpaired) electrons. The zero-order chi connectivity index (χ0) is 17.3. The first kappa shape index (κ1) is 18.6. The highest BCUT2D eigenvalue weighted by atomic mass is 127. The summed E-state index contributed by atoms with van der Waals surface area (Å²) in [6, 6.07) is 7.61. The van der Waals surface area contributed by atoms with Gasteiger partial charge in [0.25, 0.3) is 28.5 Å². The van der Waals surface area contributed by atoms with Crippen molar-refractivity contribution in [3.8, 4) is 0 Å². The second kappa shape index (κ2) is 7.04. The Kier molecular flexibility index (Phi) is 5.71. The van der Waals surface area contributed by atoms with Crippen molar-refractivity contribution in [3.05, 3.63) is 27.8 Å². The van der Waals surface area contributed by atoms with E-state index in [0.29, 0.717) is 5.69 Å². The lowest BCUT2D eigenvalue weighted by molar-refractivity contribution is -0.328. The van der Waals surface area contributed by atoms with E-state index >= 15 is 0 Å². The summed E-state index contributed by atoms with van der Waals surface area (Å²) >= 11 is 1.92. The molecule has 1 amide bonds. The number of hydrogen-bond donors (Lipinski definition) is 4. The quantitative estimate of drug-likeness (QED) is 0.338. The molecule has 5 nitrogen and oxygen atoms in total. The molecular weight excluding hydrogens is 405 g/mol. The van der Waals surface area contributed by atoms with E-state index in [4.69, 9.17) is 0 Å². The first-order chi connectivity index (χ1) is 10.6. The number of aliphatic hydroxyl groups excluding tert-OH is 1. The number of carbonyl (C=O) groups excluding carboxylic acids is 1. The molecule has 1 atom stereocenters. The fraction of sp³-hybridized carbons (Fsp3) is 0.588. The first-order valence-electron chi connectivity index (χ1n) is 7.88. The monoisotopic (exact) mass is 432 g/mol. The van der Waals surface area contributed by atoms with E-state index < -0.39 is 12.1 Å². The van der Waals surface area contributed by atoms with Crippen LogP contribution in [0.15, 0.2) is 24.3 Å². The number of piperidine rings is 1. The predicted molar refractivity (Wildman–Crippen MR) is 88.6 cm³/mol. The Morgan fingerprint density at radius 3 is 2.26 bits per heavy atom. The van der Waals surface area contributed by atoms with Gasteiger partial charge in [-0.25, -0.2) is 0 Å². The first-order valence-corrected chi connectivity index (χ1v) is 9.04. The Morgan fingerprint density at radius 1 is 1.22 bits per heavy atom. The standard InChI is InChI=1S/C17H26IN3O2/c1-16(2)9-13(10-17(3,4)21-16)20-15(23)14(22)19-12-7-5-11(18)6-8-12/h5-8,13,15,18,20-21,23H,9-10H2,1-4H3/p+1. The van der Waals surface area contributed by atoms with Gasteiger partial charge in [-0.05, 0) is 64.8 Å². The highest BCUT2D eigenvalue weighted by molar-refractivity contribution is 5.93. The molecule has 1 fully saturated rings. The van der Waals surface area contributed by atoms with Crippen molar-refractivity contribution in [3.63, 3.8) is 0 Å². The van der Waals surface area contributed by atoms with E-state index in [1.165, 1.54) is 0 Å². The molecule has 6 heteroatoms. The molecular formula is C17H27IN3O2+. The average Bonchev–Trinajstić information content (AvgIpc) is 2.37. The number of aliphatic hydroxyl groups is 1. The predicted octanol–water partition coefficient (Wildman–Crippen LogP) is -1.70. The van der Waals surface area contributed by atoms with Crippen LogP contribution in [-0.2, 0) is 4.79 Å². The fourth-order valence-corrected chi connectivity index (χ4v) is 3.88. The molecule has 0 aliphatic carbocycles. The van der Waals surface area contributed by atoms with Crippen molar-refractivity contribution in [2.45, 2.75) is 63.9 Å². The lowest BCUT2D eigenvalue weighted by Gasteiger charge is -2.47. The summed E-state index contributed by atoms with van der Waals surface area (Å²) in [5, 5.41) is 19.6. The molecule has 1 aliphatic heterocycles. The molecule has 4 N–H and O–H groups in total. The maximum absolute atomic E-state index is 12.2. The largest absolute Gasteiger partial charge is 0.370 e. The van der Waals surface area contributed by atoms with Crippen LogP contribution in [0.5, 0.6) is 0 Å². The number of hydrogen-bond acceptors (Lipinski definition) is 4. The maximum Gasteiger partial charge on any atom is 0.296 e. The molecule has 1 heterocycles. The van der Waals surface area contributed by atoms with Crippen LogP contribution in [0.25, 0.3) is 0 Å². The van der Waals surface area contributed by atoms with Crippen LogP contribution in [0.4, 0.5) is 5.69 Å². The van der Waals surface area contributed by atoms with Gasteiger partial charge in [0.2, 0.25) is 0 Å². The number of rotatable bonds is 4. The zero-order valence-electron chi connectivity index (χ0n) is 14.1. The number of halogens is 1. The van der Waals surface area contributed by atoms with E-state index in [1.54, 1.807) is 0 Å². The molecule has 128 valence electrons.